The highest BCUT2D eigenvalue weighted by molar-refractivity contribution is 5.80. The lowest BCUT2D eigenvalue weighted by molar-refractivity contribution is 0.376. The lowest BCUT2D eigenvalue weighted by Crippen LogP contribution is -2.39. The molecule has 1 heterocycles. The van der Waals surface area contributed by atoms with Crippen LogP contribution in [0.15, 0.2) is 9.52 Å². The largest absolute Gasteiger partial charge is 0.357 e. The number of hydrogen-bond donors (Lipinski definition) is 2. The number of rotatable bonds is 4. The Labute approximate surface area is 101 Å². The fraction of sp³-hybridized carbons (Fsp3) is 0.727. The van der Waals surface area contributed by atoms with Crippen molar-refractivity contribution < 1.29 is 4.52 Å². The average molecular weight is 237 g/mol. The Morgan fingerprint density at radius 1 is 1.59 bits per heavy atom. The fourth-order valence-electron chi connectivity index (χ4n) is 1.57. The van der Waals surface area contributed by atoms with E-state index in [0.717, 1.165) is 18.4 Å². The van der Waals surface area contributed by atoms with Gasteiger partial charge in [-0.2, -0.15) is 4.98 Å². The maximum atomic E-state index is 5.01. The number of guanidine groups is 1. The summed E-state index contributed by atoms with van der Waals surface area (Å²) in [5.74, 6) is 2.75. The van der Waals surface area contributed by atoms with Gasteiger partial charge in [0.2, 0.25) is 5.89 Å². The van der Waals surface area contributed by atoms with Crippen LogP contribution in [-0.2, 0) is 6.54 Å². The summed E-state index contributed by atoms with van der Waals surface area (Å²) in [7, 11) is 0. The highest BCUT2D eigenvalue weighted by atomic mass is 16.5. The summed E-state index contributed by atoms with van der Waals surface area (Å²) in [4.78, 5) is 8.52. The van der Waals surface area contributed by atoms with Gasteiger partial charge in [0.15, 0.2) is 11.8 Å². The zero-order valence-electron chi connectivity index (χ0n) is 10.5. The molecule has 0 aliphatic heterocycles. The van der Waals surface area contributed by atoms with E-state index in [9.17, 15) is 0 Å². The van der Waals surface area contributed by atoms with Gasteiger partial charge in [-0.3, -0.25) is 0 Å². The number of aliphatic imine (C=N–C) groups is 1. The van der Waals surface area contributed by atoms with E-state index in [1.807, 2.05) is 6.92 Å². The molecule has 1 aromatic rings. The Balaban J connectivity index is 1.90. The van der Waals surface area contributed by atoms with Crippen molar-refractivity contribution in [2.75, 3.05) is 6.54 Å². The topological polar surface area (TPSA) is 75.3 Å². The zero-order valence-corrected chi connectivity index (χ0v) is 10.5. The number of nitrogens with one attached hydrogen (secondary N) is 2. The quantitative estimate of drug-likeness (QED) is 0.599. The first kappa shape index (κ1) is 11.9. The first-order valence-corrected chi connectivity index (χ1v) is 6.03. The second-order valence-electron chi connectivity index (χ2n) is 4.39. The predicted molar refractivity (Wildman–Crippen MR) is 64.6 cm³/mol. The van der Waals surface area contributed by atoms with E-state index in [4.69, 9.17) is 4.52 Å². The Morgan fingerprint density at radius 3 is 2.88 bits per heavy atom. The summed E-state index contributed by atoms with van der Waals surface area (Å²) in [6.07, 6.45) is 1.21. The fourth-order valence-corrected chi connectivity index (χ4v) is 1.57. The highest BCUT2D eigenvalue weighted by Crippen LogP contribution is 2.28. The Bertz CT molecular complexity index is 400. The molecule has 0 aromatic carbocycles. The van der Waals surface area contributed by atoms with Crippen LogP contribution in [0.5, 0.6) is 0 Å². The van der Waals surface area contributed by atoms with Crippen molar-refractivity contribution in [2.24, 2.45) is 10.9 Å². The summed E-state index contributed by atoms with van der Waals surface area (Å²) >= 11 is 0. The molecule has 1 fully saturated rings. The monoisotopic (exact) mass is 237 g/mol. The second kappa shape index (κ2) is 5.16. The molecule has 2 atom stereocenters. The van der Waals surface area contributed by atoms with Crippen LogP contribution in [0.25, 0.3) is 0 Å². The molecule has 94 valence electrons. The van der Waals surface area contributed by atoms with Gasteiger partial charge in [-0.05, 0) is 26.2 Å². The minimum Gasteiger partial charge on any atom is -0.357 e. The number of aryl methyl sites for hydroxylation is 1. The molecule has 2 unspecified atom stereocenters. The lowest BCUT2D eigenvalue weighted by atomic mass is 10.5. The predicted octanol–water partition coefficient (Wildman–Crippen LogP) is 0.842. The van der Waals surface area contributed by atoms with Crippen molar-refractivity contribution >= 4 is 5.96 Å². The van der Waals surface area contributed by atoms with Crippen LogP contribution in [-0.4, -0.2) is 28.7 Å². The van der Waals surface area contributed by atoms with Crippen molar-refractivity contribution in [2.45, 2.75) is 39.8 Å². The lowest BCUT2D eigenvalue weighted by Gasteiger charge is -2.09. The van der Waals surface area contributed by atoms with Crippen molar-refractivity contribution in [3.8, 4) is 0 Å². The van der Waals surface area contributed by atoms with E-state index in [0.29, 0.717) is 24.3 Å². The Morgan fingerprint density at radius 2 is 2.35 bits per heavy atom. The first-order chi connectivity index (χ1) is 8.19. The van der Waals surface area contributed by atoms with Gasteiger partial charge in [0.25, 0.3) is 0 Å². The molecule has 6 nitrogen and oxygen atoms in total. The normalized spacial score (nSPS) is 23.6. The summed E-state index contributed by atoms with van der Waals surface area (Å²) in [6.45, 7) is 7.33. The first-order valence-electron chi connectivity index (χ1n) is 6.03. The number of hydrogen-bond acceptors (Lipinski definition) is 4. The van der Waals surface area contributed by atoms with Crippen molar-refractivity contribution in [1.82, 2.24) is 20.8 Å². The minimum absolute atomic E-state index is 0.414. The molecular weight excluding hydrogens is 218 g/mol. The Hall–Kier alpha value is -1.59. The third-order valence-electron chi connectivity index (χ3n) is 2.72. The average Bonchev–Trinajstić information content (AvgIpc) is 2.81. The molecule has 2 rings (SSSR count). The standard InChI is InChI=1S/C11H19N5O/c1-4-12-11(15-9-5-7(9)2)13-6-10-14-8(3)16-17-10/h7,9H,4-6H2,1-3H3,(H2,12,13,15). The van der Waals surface area contributed by atoms with E-state index in [-0.39, 0.29) is 0 Å². The molecule has 1 saturated carbocycles. The van der Waals surface area contributed by atoms with E-state index in [1.165, 1.54) is 6.42 Å². The van der Waals surface area contributed by atoms with Crippen LogP contribution in [0.2, 0.25) is 0 Å². The highest BCUT2D eigenvalue weighted by Gasteiger charge is 2.33. The molecule has 0 amide bonds. The summed E-state index contributed by atoms with van der Waals surface area (Å²) in [5, 5.41) is 10.3. The molecule has 0 bridgehead atoms. The maximum absolute atomic E-state index is 5.01. The van der Waals surface area contributed by atoms with Gasteiger partial charge >= 0.3 is 0 Å². The van der Waals surface area contributed by atoms with Gasteiger partial charge < -0.3 is 15.2 Å². The molecule has 0 saturated heterocycles. The van der Waals surface area contributed by atoms with Crippen molar-refractivity contribution in [1.29, 1.82) is 0 Å². The molecule has 6 heteroatoms. The van der Waals surface area contributed by atoms with Crippen LogP contribution in [0.1, 0.15) is 32.0 Å². The van der Waals surface area contributed by atoms with Crippen LogP contribution < -0.4 is 10.6 Å². The van der Waals surface area contributed by atoms with Gasteiger partial charge in [-0.15, -0.1) is 0 Å². The van der Waals surface area contributed by atoms with Crippen LogP contribution in [0.3, 0.4) is 0 Å². The molecule has 0 spiro atoms. The molecule has 2 N–H and O–H groups in total. The molecule has 1 aromatic heterocycles. The molecule has 0 radical (unpaired) electrons. The summed E-state index contributed by atoms with van der Waals surface area (Å²) in [5.41, 5.74) is 0. The Kier molecular flexibility index (Phi) is 3.61. The third kappa shape index (κ3) is 3.44. The third-order valence-corrected chi connectivity index (χ3v) is 2.72. The smallest absolute Gasteiger partial charge is 0.248 e. The number of aromatic nitrogens is 2. The van der Waals surface area contributed by atoms with E-state index in [2.05, 4.69) is 32.7 Å². The number of nitrogens with zero attached hydrogens (tertiary/aromatic N) is 3. The van der Waals surface area contributed by atoms with Gasteiger partial charge in [0, 0.05) is 12.6 Å². The van der Waals surface area contributed by atoms with Crippen molar-refractivity contribution in [3.63, 3.8) is 0 Å². The van der Waals surface area contributed by atoms with Crippen LogP contribution >= 0.6 is 0 Å². The van der Waals surface area contributed by atoms with Gasteiger partial charge in [0.1, 0.15) is 6.54 Å². The minimum atomic E-state index is 0.414. The second-order valence-corrected chi connectivity index (χ2v) is 4.39. The molecule has 1 aliphatic rings. The van der Waals surface area contributed by atoms with Gasteiger partial charge in [-0.25, -0.2) is 4.99 Å². The summed E-state index contributed by atoms with van der Waals surface area (Å²) < 4.78 is 5.01. The summed E-state index contributed by atoms with van der Waals surface area (Å²) in [6, 6.07) is 0.553. The zero-order chi connectivity index (χ0) is 12.3. The van der Waals surface area contributed by atoms with E-state index < -0.39 is 0 Å². The van der Waals surface area contributed by atoms with Crippen LogP contribution in [0, 0.1) is 12.8 Å². The maximum Gasteiger partial charge on any atom is 0.248 e. The van der Waals surface area contributed by atoms with Gasteiger partial charge in [-0.1, -0.05) is 12.1 Å². The SMILES string of the molecule is CCNC(=NCc1nc(C)no1)NC1CC1C. The molecule has 1 aliphatic carbocycles. The van der Waals surface area contributed by atoms with Crippen molar-refractivity contribution in [3.05, 3.63) is 11.7 Å². The molecule has 17 heavy (non-hydrogen) atoms. The van der Waals surface area contributed by atoms with E-state index >= 15 is 0 Å². The van der Waals surface area contributed by atoms with Crippen LogP contribution in [0.4, 0.5) is 0 Å². The van der Waals surface area contributed by atoms with E-state index in [1.54, 1.807) is 6.92 Å². The van der Waals surface area contributed by atoms with Gasteiger partial charge in [0.05, 0.1) is 0 Å². The molecular formula is C11H19N5O.